The van der Waals surface area contributed by atoms with Crippen LogP contribution in [0.4, 0.5) is 0 Å². The molecule has 1 atom stereocenters. The summed E-state index contributed by atoms with van der Waals surface area (Å²) in [5, 5.41) is 9.09. The molecular weight excluding hydrogens is 202 g/mol. The number of hydrogen-bond acceptors (Lipinski definition) is 2. The summed E-state index contributed by atoms with van der Waals surface area (Å²) in [6.07, 6.45) is 2.05. The van der Waals surface area contributed by atoms with Crippen LogP contribution in [0.2, 0.25) is 0 Å². The van der Waals surface area contributed by atoms with Gasteiger partial charge in [0.05, 0.1) is 12.0 Å². The molecule has 1 aromatic carbocycles. The van der Waals surface area contributed by atoms with Crippen molar-refractivity contribution in [2.45, 2.75) is 24.8 Å². The number of benzene rings is 1. The van der Waals surface area contributed by atoms with Crippen LogP contribution in [-0.2, 0) is 16.8 Å². The zero-order valence-electron chi connectivity index (χ0n) is 9.73. The minimum absolute atomic E-state index is 0.178. The molecule has 0 saturated heterocycles. The molecule has 2 rings (SSSR count). The molecule has 16 heavy (non-hydrogen) atoms. The summed E-state index contributed by atoms with van der Waals surface area (Å²) in [5.74, 6) is -0.731. The molecule has 1 aromatic rings. The van der Waals surface area contributed by atoms with Crippen LogP contribution in [0.1, 0.15) is 24.0 Å². The first-order valence-electron chi connectivity index (χ1n) is 5.54. The van der Waals surface area contributed by atoms with Crippen LogP contribution in [0.15, 0.2) is 24.3 Å². The van der Waals surface area contributed by atoms with Crippen LogP contribution in [0, 0.1) is 0 Å². The van der Waals surface area contributed by atoms with Crippen molar-refractivity contribution >= 4 is 5.97 Å². The maximum atomic E-state index is 11.0. The molecule has 0 aliphatic heterocycles. The largest absolute Gasteiger partial charge is 0.481 e. The van der Waals surface area contributed by atoms with Gasteiger partial charge in [-0.2, -0.15) is 0 Å². The zero-order chi connectivity index (χ0) is 11.8. The first-order valence-corrected chi connectivity index (χ1v) is 5.54. The van der Waals surface area contributed by atoms with E-state index in [0.717, 1.165) is 12.8 Å². The second kappa shape index (κ2) is 3.91. The van der Waals surface area contributed by atoms with Crippen LogP contribution < -0.4 is 0 Å². The molecule has 0 aromatic heterocycles. The summed E-state index contributed by atoms with van der Waals surface area (Å²) < 4.78 is 0. The second-order valence-electron chi connectivity index (χ2n) is 4.65. The van der Waals surface area contributed by atoms with Gasteiger partial charge in [0.25, 0.3) is 0 Å². The maximum Gasteiger partial charge on any atom is 0.305 e. The van der Waals surface area contributed by atoms with Crippen LogP contribution in [-0.4, -0.2) is 30.1 Å². The highest BCUT2D eigenvalue weighted by Crippen LogP contribution is 2.42. The lowest BCUT2D eigenvalue weighted by molar-refractivity contribution is -0.140. The Morgan fingerprint density at radius 2 is 2.12 bits per heavy atom. The fourth-order valence-corrected chi connectivity index (χ4v) is 2.72. The number of fused-ring (bicyclic) bond motifs is 1. The molecule has 86 valence electrons. The predicted octanol–water partition coefficient (Wildman–Crippen LogP) is 1.86. The van der Waals surface area contributed by atoms with Gasteiger partial charge in [-0.3, -0.25) is 9.69 Å². The average Bonchev–Trinajstić information content (AvgIpc) is 2.58. The highest BCUT2D eigenvalue weighted by Gasteiger charge is 2.42. The molecule has 0 fully saturated rings. The predicted molar refractivity (Wildman–Crippen MR) is 62.4 cm³/mol. The number of carboxylic acid groups (broad SMARTS) is 1. The highest BCUT2D eigenvalue weighted by molar-refractivity contribution is 5.69. The Hall–Kier alpha value is -1.35. The van der Waals surface area contributed by atoms with E-state index in [9.17, 15) is 4.79 Å². The first-order chi connectivity index (χ1) is 7.56. The van der Waals surface area contributed by atoms with Crippen molar-refractivity contribution in [1.29, 1.82) is 0 Å². The van der Waals surface area contributed by atoms with Crippen molar-refractivity contribution in [2.75, 3.05) is 14.1 Å². The highest BCUT2D eigenvalue weighted by atomic mass is 16.4. The van der Waals surface area contributed by atoms with Crippen molar-refractivity contribution in [2.24, 2.45) is 0 Å². The van der Waals surface area contributed by atoms with Gasteiger partial charge in [-0.1, -0.05) is 24.3 Å². The van der Waals surface area contributed by atoms with Gasteiger partial charge >= 0.3 is 5.97 Å². The van der Waals surface area contributed by atoms with E-state index >= 15 is 0 Å². The minimum Gasteiger partial charge on any atom is -0.481 e. The number of rotatable bonds is 3. The number of carboxylic acids is 1. The quantitative estimate of drug-likeness (QED) is 0.843. The molecule has 0 amide bonds. The number of hydrogen-bond donors (Lipinski definition) is 1. The number of nitrogens with zero attached hydrogens (tertiary/aromatic N) is 1. The van der Waals surface area contributed by atoms with Crippen LogP contribution >= 0.6 is 0 Å². The number of carbonyl (C=O) groups is 1. The third kappa shape index (κ3) is 1.61. The van der Waals surface area contributed by atoms with Crippen molar-refractivity contribution in [1.82, 2.24) is 4.90 Å². The van der Waals surface area contributed by atoms with E-state index in [-0.39, 0.29) is 12.0 Å². The van der Waals surface area contributed by atoms with Crippen LogP contribution in [0.25, 0.3) is 0 Å². The fourth-order valence-electron chi connectivity index (χ4n) is 2.72. The summed E-state index contributed by atoms with van der Waals surface area (Å²) in [5.41, 5.74) is 2.16. The third-order valence-electron chi connectivity index (χ3n) is 3.63. The fraction of sp³-hybridized carbons (Fsp3) is 0.462. The molecule has 0 spiro atoms. The molecule has 1 N–H and O–H groups in total. The molecule has 0 bridgehead atoms. The average molecular weight is 219 g/mol. The maximum absolute atomic E-state index is 11.0. The normalized spacial score (nSPS) is 23.4. The molecular formula is C13H17NO2. The molecule has 0 saturated carbocycles. The van der Waals surface area contributed by atoms with Gasteiger partial charge in [0.1, 0.15) is 0 Å². The topological polar surface area (TPSA) is 40.5 Å². The molecule has 0 heterocycles. The Kier molecular flexibility index (Phi) is 2.72. The third-order valence-corrected chi connectivity index (χ3v) is 3.63. The minimum atomic E-state index is -0.731. The summed E-state index contributed by atoms with van der Waals surface area (Å²) in [7, 11) is 3.93. The van der Waals surface area contributed by atoms with E-state index in [1.807, 2.05) is 31.1 Å². The smallest absolute Gasteiger partial charge is 0.305 e. The molecule has 1 aliphatic rings. The van der Waals surface area contributed by atoms with Gasteiger partial charge in [-0.15, -0.1) is 0 Å². The van der Waals surface area contributed by atoms with E-state index in [0.29, 0.717) is 0 Å². The van der Waals surface area contributed by atoms with Gasteiger partial charge in [-0.25, -0.2) is 0 Å². The van der Waals surface area contributed by atoms with Gasteiger partial charge in [0, 0.05) is 0 Å². The van der Waals surface area contributed by atoms with Gasteiger partial charge in [0.2, 0.25) is 0 Å². The molecule has 3 nitrogen and oxygen atoms in total. The Morgan fingerprint density at radius 3 is 2.75 bits per heavy atom. The first kappa shape index (κ1) is 11.1. The van der Waals surface area contributed by atoms with Crippen LogP contribution in [0.5, 0.6) is 0 Å². The Bertz CT molecular complexity index is 414. The molecule has 1 aliphatic carbocycles. The second-order valence-corrected chi connectivity index (χ2v) is 4.65. The monoisotopic (exact) mass is 219 g/mol. The summed E-state index contributed by atoms with van der Waals surface area (Å²) in [6, 6.07) is 8.17. The van der Waals surface area contributed by atoms with Crippen LogP contribution in [0.3, 0.4) is 0 Å². The molecule has 0 radical (unpaired) electrons. The lowest BCUT2D eigenvalue weighted by atomic mass is 9.87. The van der Waals surface area contributed by atoms with E-state index in [4.69, 9.17) is 5.11 Å². The Balaban J connectivity index is 2.47. The Labute approximate surface area is 95.7 Å². The summed E-state index contributed by atoms with van der Waals surface area (Å²) in [4.78, 5) is 13.1. The van der Waals surface area contributed by atoms with Crippen molar-refractivity contribution in [3.8, 4) is 0 Å². The number of aryl methyl sites for hydroxylation is 1. The summed E-state index contributed by atoms with van der Waals surface area (Å²) in [6.45, 7) is 0. The lowest BCUT2D eigenvalue weighted by Crippen LogP contribution is -2.41. The lowest BCUT2D eigenvalue weighted by Gasteiger charge is -2.36. The van der Waals surface area contributed by atoms with E-state index in [1.165, 1.54) is 11.1 Å². The SMILES string of the molecule is CN(C)C1(CC(=O)O)CCc2ccccc21. The molecule has 1 unspecified atom stereocenters. The van der Waals surface area contributed by atoms with Crippen molar-refractivity contribution in [3.05, 3.63) is 35.4 Å². The number of aliphatic carboxylic acids is 1. The van der Waals surface area contributed by atoms with E-state index in [2.05, 4.69) is 12.1 Å². The molecule has 3 heteroatoms. The zero-order valence-corrected chi connectivity index (χ0v) is 9.73. The summed E-state index contributed by atoms with van der Waals surface area (Å²) >= 11 is 0. The van der Waals surface area contributed by atoms with E-state index < -0.39 is 5.97 Å². The van der Waals surface area contributed by atoms with Gasteiger partial charge in [-0.05, 0) is 38.1 Å². The van der Waals surface area contributed by atoms with Gasteiger partial charge < -0.3 is 5.11 Å². The Morgan fingerprint density at radius 1 is 1.44 bits per heavy atom. The standard InChI is InChI=1S/C13H17NO2/c1-14(2)13(9-12(15)16)8-7-10-5-3-4-6-11(10)13/h3-6H,7-9H2,1-2H3,(H,15,16). The van der Waals surface area contributed by atoms with Crippen molar-refractivity contribution in [3.63, 3.8) is 0 Å². The van der Waals surface area contributed by atoms with Gasteiger partial charge in [0.15, 0.2) is 0 Å². The van der Waals surface area contributed by atoms with Crippen molar-refractivity contribution < 1.29 is 9.90 Å². The van der Waals surface area contributed by atoms with E-state index in [1.54, 1.807) is 0 Å².